The third kappa shape index (κ3) is 4.36. The summed E-state index contributed by atoms with van der Waals surface area (Å²) >= 11 is 0. The number of hydrogen-bond acceptors (Lipinski definition) is 7. The van der Waals surface area contributed by atoms with E-state index in [0.717, 1.165) is 43.0 Å². The van der Waals surface area contributed by atoms with Gasteiger partial charge in [0.25, 0.3) is 11.8 Å². The van der Waals surface area contributed by atoms with Crippen LogP contribution in [-0.2, 0) is 27.2 Å². The number of nitrogens with zero attached hydrogens (tertiary/aromatic N) is 3. The quantitative estimate of drug-likeness (QED) is 0.507. The number of rotatable bonds is 4. The van der Waals surface area contributed by atoms with E-state index in [0.29, 0.717) is 30.0 Å². The van der Waals surface area contributed by atoms with E-state index >= 15 is 0 Å². The van der Waals surface area contributed by atoms with E-state index in [-0.39, 0.29) is 24.3 Å². The molecule has 2 aromatic carbocycles. The fourth-order valence-electron chi connectivity index (χ4n) is 5.89. The van der Waals surface area contributed by atoms with Crippen LogP contribution in [0.5, 0.6) is 5.75 Å². The number of imide groups is 1. The second-order valence-corrected chi connectivity index (χ2v) is 11.3. The molecule has 6 rings (SSSR count). The van der Waals surface area contributed by atoms with Crippen LogP contribution < -0.4 is 30.5 Å². The van der Waals surface area contributed by atoms with Gasteiger partial charge in [-0.1, -0.05) is 12.1 Å². The Kier molecular flexibility index (Phi) is 5.79. The molecule has 39 heavy (non-hydrogen) atoms. The normalized spacial score (nSPS) is 23.7. The Hall–Kier alpha value is -4.12. The monoisotopic (exact) mass is 532 g/mol. The van der Waals surface area contributed by atoms with Gasteiger partial charge in [0, 0.05) is 44.7 Å². The lowest BCUT2D eigenvalue weighted by Gasteiger charge is -2.42. The summed E-state index contributed by atoms with van der Waals surface area (Å²) in [6.07, 6.45) is 0.750. The zero-order valence-electron chi connectivity index (χ0n) is 22.3. The third-order valence-corrected chi connectivity index (χ3v) is 8.02. The van der Waals surface area contributed by atoms with Crippen molar-refractivity contribution in [1.82, 2.24) is 15.5 Å². The molecule has 1 atom stereocenters. The molecule has 3 aliphatic heterocycles. The van der Waals surface area contributed by atoms with Crippen LogP contribution in [0, 0.1) is 0 Å². The van der Waals surface area contributed by atoms with Gasteiger partial charge in [0.05, 0.1) is 11.4 Å². The molecular formula is C28H32N6O5. The molecule has 3 heterocycles. The highest BCUT2D eigenvalue weighted by atomic mass is 16.5. The van der Waals surface area contributed by atoms with Crippen LogP contribution in [0.2, 0.25) is 0 Å². The molecule has 2 saturated heterocycles. The lowest BCUT2D eigenvalue weighted by atomic mass is 9.96. The Bertz CT molecular complexity index is 1400. The van der Waals surface area contributed by atoms with Gasteiger partial charge in [-0.2, -0.15) is 0 Å². The molecule has 5 amide bonds. The van der Waals surface area contributed by atoms with Gasteiger partial charge in [0.2, 0.25) is 5.91 Å². The van der Waals surface area contributed by atoms with Crippen LogP contribution in [0.1, 0.15) is 25.0 Å². The second-order valence-electron chi connectivity index (χ2n) is 11.3. The number of carbonyl (C=O) groups excluding carboxylic acids is 4. The molecular weight excluding hydrogens is 500 g/mol. The zero-order valence-corrected chi connectivity index (χ0v) is 22.3. The van der Waals surface area contributed by atoms with Crippen molar-refractivity contribution in [2.75, 3.05) is 54.9 Å². The van der Waals surface area contributed by atoms with E-state index in [1.165, 1.54) is 4.90 Å². The first-order valence-electron chi connectivity index (χ1n) is 13.2. The Morgan fingerprint density at radius 2 is 1.72 bits per heavy atom. The van der Waals surface area contributed by atoms with Crippen molar-refractivity contribution in [2.24, 2.45) is 0 Å². The Balaban J connectivity index is 1.21. The van der Waals surface area contributed by atoms with Crippen molar-refractivity contribution in [3.8, 4) is 5.75 Å². The molecule has 3 N–H and O–H groups in total. The molecule has 1 unspecified atom stereocenters. The number of benzene rings is 2. The maximum atomic E-state index is 13.4. The van der Waals surface area contributed by atoms with Gasteiger partial charge < -0.3 is 25.2 Å². The molecule has 0 aromatic heterocycles. The fourth-order valence-corrected chi connectivity index (χ4v) is 5.89. The summed E-state index contributed by atoms with van der Waals surface area (Å²) in [5, 5.41) is 7.96. The van der Waals surface area contributed by atoms with E-state index in [1.54, 1.807) is 19.9 Å². The third-order valence-electron chi connectivity index (χ3n) is 8.02. The number of amides is 5. The highest BCUT2D eigenvalue weighted by Crippen LogP contribution is 2.44. The minimum atomic E-state index is -1.13. The number of carbonyl (C=O) groups is 4. The number of ether oxygens (including phenoxy) is 1. The van der Waals surface area contributed by atoms with Gasteiger partial charge in [0.15, 0.2) is 11.4 Å². The first kappa shape index (κ1) is 25.2. The van der Waals surface area contributed by atoms with Crippen molar-refractivity contribution < 1.29 is 23.9 Å². The minimum Gasteiger partial charge on any atom is -0.474 e. The van der Waals surface area contributed by atoms with Crippen molar-refractivity contribution >= 4 is 40.8 Å². The lowest BCUT2D eigenvalue weighted by Crippen LogP contribution is -2.55. The van der Waals surface area contributed by atoms with Crippen LogP contribution in [0.4, 0.5) is 21.9 Å². The number of hydrogen-bond donors (Lipinski definition) is 3. The van der Waals surface area contributed by atoms with Crippen LogP contribution in [0.15, 0.2) is 36.4 Å². The molecule has 11 nitrogen and oxygen atoms in total. The number of likely N-dealkylation sites (N-methyl/N-ethyl adjacent to an activating group) is 1. The number of nitrogens with one attached hydrogen (secondary N) is 3. The first-order valence-corrected chi connectivity index (χ1v) is 13.2. The van der Waals surface area contributed by atoms with E-state index < -0.39 is 17.2 Å². The molecule has 0 bridgehead atoms. The topological polar surface area (TPSA) is 123 Å². The van der Waals surface area contributed by atoms with Crippen LogP contribution in [0.25, 0.3) is 0 Å². The molecule has 0 radical (unpaired) electrons. The highest BCUT2D eigenvalue weighted by Gasteiger charge is 2.50. The summed E-state index contributed by atoms with van der Waals surface area (Å²) in [6, 6.07) is 10.7. The van der Waals surface area contributed by atoms with E-state index in [2.05, 4.69) is 32.8 Å². The van der Waals surface area contributed by atoms with Crippen molar-refractivity contribution in [3.63, 3.8) is 0 Å². The zero-order chi connectivity index (χ0) is 27.5. The Labute approximate surface area is 226 Å². The van der Waals surface area contributed by atoms with Gasteiger partial charge in [-0.05, 0) is 56.3 Å². The van der Waals surface area contributed by atoms with Gasteiger partial charge in [-0.3, -0.25) is 24.6 Å². The molecule has 1 aliphatic carbocycles. The predicted molar refractivity (Wildman–Crippen MR) is 145 cm³/mol. The summed E-state index contributed by atoms with van der Waals surface area (Å²) in [7, 11) is 2.10. The van der Waals surface area contributed by atoms with Gasteiger partial charge in [0.1, 0.15) is 12.1 Å². The molecule has 1 spiro atoms. The maximum Gasteiger partial charge on any atom is 0.322 e. The highest BCUT2D eigenvalue weighted by molar-refractivity contribution is 6.09. The largest absolute Gasteiger partial charge is 0.474 e. The molecule has 2 aromatic rings. The summed E-state index contributed by atoms with van der Waals surface area (Å²) in [4.78, 5) is 56.7. The second kappa shape index (κ2) is 8.98. The van der Waals surface area contributed by atoms with E-state index in [9.17, 15) is 19.2 Å². The average molecular weight is 533 g/mol. The van der Waals surface area contributed by atoms with Gasteiger partial charge >= 0.3 is 6.03 Å². The average Bonchev–Trinajstić information content (AvgIpc) is 3.38. The Morgan fingerprint density at radius 3 is 2.44 bits per heavy atom. The van der Waals surface area contributed by atoms with Crippen molar-refractivity contribution in [3.05, 3.63) is 47.5 Å². The molecule has 204 valence electrons. The fraction of sp³-hybridized carbons (Fsp3) is 0.429. The standard InChI is InChI=1S/C28H32N6O5/c1-27(2)25(37)34(21-6-4-5-20(23(21)39-27)33-11-9-32(3)10-12-33)16-22(35)29-19-8-7-17-14-28(15-18(17)13-19)24(36)30-26(38)31-28/h4-8,13H,9-12,14-16H2,1-3H3,(H,29,35)(H2,30,31,36,38). The van der Waals surface area contributed by atoms with Crippen LogP contribution in [-0.4, -0.2) is 79.6 Å². The van der Waals surface area contributed by atoms with Crippen molar-refractivity contribution in [2.45, 2.75) is 37.8 Å². The van der Waals surface area contributed by atoms with E-state index in [1.807, 2.05) is 30.3 Å². The molecule has 11 heteroatoms. The van der Waals surface area contributed by atoms with E-state index in [4.69, 9.17) is 4.74 Å². The lowest BCUT2D eigenvalue weighted by molar-refractivity contribution is -0.133. The summed E-state index contributed by atoms with van der Waals surface area (Å²) in [5.41, 5.74) is 1.78. The minimum absolute atomic E-state index is 0.176. The summed E-state index contributed by atoms with van der Waals surface area (Å²) in [5.74, 6) is -0.368. The summed E-state index contributed by atoms with van der Waals surface area (Å²) < 4.78 is 6.24. The first-order chi connectivity index (χ1) is 18.5. The summed E-state index contributed by atoms with van der Waals surface area (Å²) in [6.45, 7) is 6.81. The smallest absolute Gasteiger partial charge is 0.322 e. The number of urea groups is 1. The SMILES string of the molecule is CN1CCN(c2cccc3c2OC(C)(C)C(=O)N3CC(=O)Nc2ccc3c(c2)CC2(C3)NC(=O)NC2=O)CC1. The molecule has 0 saturated carbocycles. The molecule has 4 aliphatic rings. The Morgan fingerprint density at radius 1 is 1.00 bits per heavy atom. The van der Waals surface area contributed by atoms with Crippen LogP contribution >= 0.6 is 0 Å². The van der Waals surface area contributed by atoms with Gasteiger partial charge in [-0.15, -0.1) is 0 Å². The molecule has 2 fully saturated rings. The van der Waals surface area contributed by atoms with Gasteiger partial charge in [-0.25, -0.2) is 4.79 Å². The number of para-hydroxylation sites is 1. The van der Waals surface area contributed by atoms with Crippen LogP contribution in [0.3, 0.4) is 0 Å². The number of fused-ring (bicyclic) bond motifs is 2. The van der Waals surface area contributed by atoms with Crippen molar-refractivity contribution in [1.29, 1.82) is 0 Å². The maximum absolute atomic E-state index is 13.4. The predicted octanol–water partition coefficient (Wildman–Crippen LogP) is 1.26. The number of piperazine rings is 1. The number of anilines is 3.